The summed E-state index contributed by atoms with van der Waals surface area (Å²) >= 11 is 0. The highest BCUT2D eigenvalue weighted by molar-refractivity contribution is 5.69. The Labute approximate surface area is 256 Å². The van der Waals surface area contributed by atoms with Crippen molar-refractivity contribution in [3.05, 3.63) is 60.8 Å². The molecule has 0 heterocycles. The zero-order valence-corrected chi connectivity index (χ0v) is 26.8. The van der Waals surface area contributed by atoms with E-state index in [1.165, 1.54) is 32.1 Å². The van der Waals surface area contributed by atoms with Gasteiger partial charge in [0, 0.05) is 12.8 Å². The van der Waals surface area contributed by atoms with Crippen LogP contribution in [0.3, 0.4) is 0 Å². The minimum atomic E-state index is -1.00. The molecule has 6 nitrogen and oxygen atoms in total. The molecule has 6 heteroatoms. The molecular formula is C36H60O6. The summed E-state index contributed by atoms with van der Waals surface area (Å²) in [5.74, 6) is 0.104. The molecule has 0 rings (SSSR count). The summed E-state index contributed by atoms with van der Waals surface area (Å²) in [5, 5.41) is 19.8. The van der Waals surface area contributed by atoms with Crippen LogP contribution in [0.1, 0.15) is 124 Å². The standard InChI is InChI=1S/C36H60O6/c1-4-5-6-7-16-21-26-33(37)27-22-17-12-8-9-13-18-23-28-35(39)41-30-34(38)31-42-36(40)29-24-19-14-10-11-15-20-25-32(2)3/h5-6,9,12-13,16-17,21-22,27,32-34,37-38H,4,7-8,10-11,14-15,18-20,23-26,28-31H2,1-3H3/b6-5-,13-9-,17-12-,21-16-,27-22+/t33?,34-/m1/s1. The summed E-state index contributed by atoms with van der Waals surface area (Å²) in [6, 6.07) is 0. The monoisotopic (exact) mass is 588 g/mol. The Morgan fingerprint density at radius 1 is 0.667 bits per heavy atom. The molecule has 0 saturated carbocycles. The maximum atomic E-state index is 11.9. The van der Waals surface area contributed by atoms with Crippen molar-refractivity contribution in [3.63, 3.8) is 0 Å². The lowest BCUT2D eigenvalue weighted by molar-refractivity contribution is -0.152. The SMILES string of the molecule is CC/C=C\C/C=C\CC(O)/C=C/C=C\C/C=C\CCCC(=O)OC[C@@H](O)COC(=O)CCCCCCCCCC(C)C. The molecule has 0 aliphatic rings. The van der Waals surface area contributed by atoms with Gasteiger partial charge < -0.3 is 19.7 Å². The molecule has 0 radical (unpaired) electrons. The van der Waals surface area contributed by atoms with Gasteiger partial charge in [-0.05, 0) is 50.9 Å². The number of ether oxygens (including phenoxy) is 2. The molecule has 0 aliphatic heterocycles. The average Bonchev–Trinajstić information content (AvgIpc) is 2.96. The van der Waals surface area contributed by atoms with Crippen LogP contribution >= 0.6 is 0 Å². The predicted octanol–water partition coefficient (Wildman–Crippen LogP) is 8.49. The molecule has 0 fully saturated rings. The second-order valence-corrected chi connectivity index (χ2v) is 11.2. The van der Waals surface area contributed by atoms with E-state index in [0.29, 0.717) is 19.3 Å². The van der Waals surface area contributed by atoms with E-state index in [2.05, 4.69) is 39.0 Å². The summed E-state index contributed by atoms with van der Waals surface area (Å²) in [5.41, 5.74) is 0. The van der Waals surface area contributed by atoms with Crippen LogP contribution in [0, 0.1) is 5.92 Å². The topological polar surface area (TPSA) is 93.1 Å². The molecule has 1 unspecified atom stereocenters. The Morgan fingerprint density at radius 2 is 1.24 bits per heavy atom. The van der Waals surface area contributed by atoms with Gasteiger partial charge in [0.25, 0.3) is 0 Å². The third-order valence-electron chi connectivity index (χ3n) is 6.53. The fourth-order valence-corrected chi connectivity index (χ4v) is 4.03. The van der Waals surface area contributed by atoms with E-state index < -0.39 is 12.2 Å². The van der Waals surface area contributed by atoms with Crippen LogP contribution in [0.4, 0.5) is 0 Å². The maximum absolute atomic E-state index is 11.9. The fraction of sp³-hybridized carbons (Fsp3) is 0.667. The van der Waals surface area contributed by atoms with E-state index in [0.717, 1.165) is 50.9 Å². The third-order valence-corrected chi connectivity index (χ3v) is 6.53. The highest BCUT2D eigenvalue weighted by atomic mass is 16.6. The number of allylic oxidation sites excluding steroid dienone is 8. The first-order valence-electron chi connectivity index (χ1n) is 16.3. The van der Waals surface area contributed by atoms with Gasteiger partial charge in [0.05, 0.1) is 6.10 Å². The first kappa shape index (κ1) is 39.6. The summed E-state index contributed by atoms with van der Waals surface area (Å²) in [4.78, 5) is 23.7. The molecule has 0 aromatic heterocycles. The van der Waals surface area contributed by atoms with E-state index in [1.54, 1.807) is 6.08 Å². The van der Waals surface area contributed by atoms with Crippen molar-refractivity contribution in [3.8, 4) is 0 Å². The number of carbonyl (C=O) groups is 2. The zero-order chi connectivity index (χ0) is 31.1. The Hall–Kier alpha value is -2.44. The van der Waals surface area contributed by atoms with Gasteiger partial charge in [-0.15, -0.1) is 0 Å². The molecule has 2 atom stereocenters. The summed E-state index contributed by atoms with van der Waals surface area (Å²) in [6.07, 6.45) is 33.2. The molecule has 42 heavy (non-hydrogen) atoms. The number of esters is 2. The van der Waals surface area contributed by atoms with E-state index in [9.17, 15) is 19.8 Å². The number of aliphatic hydroxyl groups is 2. The smallest absolute Gasteiger partial charge is 0.305 e. The van der Waals surface area contributed by atoms with E-state index in [1.807, 2.05) is 36.5 Å². The van der Waals surface area contributed by atoms with Gasteiger partial charge in [0.1, 0.15) is 19.3 Å². The van der Waals surface area contributed by atoms with Crippen LogP contribution in [0.25, 0.3) is 0 Å². The van der Waals surface area contributed by atoms with Crippen molar-refractivity contribution < 1.29 is 29.3 Å². The van der Waals surface area contributed by atoms with E-state index >= 15 is 0 Å². The summed E-state index contributed by atoms with van der Waals surface area (Å²) in [7, 11) is 0. The van der Waals surface area contributed by atoms with Crippen LogP contribution in [-0.4, -0.2) is 47.6 Å². The Morgan fingerprint density at radius 3 is 1.90 bits per heavy atom. The highest BCUT2D eigenvalue weighted by Crippen LogP contribution is 2.13. The van der Waals surface area contributed by atoms with Crippen LogP contribution in [0.15, 0.2) is 60.8 Å². The fourth-order valence-electron chi connectivity index (χ4n) is 4.03. The first-order valence-corrected chi connectivity index (χ1v) is 16.3. The third kappa shape index (κ3) is 30.5. The van der Waals surface area contributed by atoms with Crippen molar-refractivity contribution in [1.82, 2.24) is 0 Å². The second kappa shape index (κ2) is 30.0. The molecule has 0 spiro atoms. The number of hydrogen-bond acceptors (Lipinski definition) is 6. The van der Waals surface area contributed by atoms with E-state index in [-0.39, 0.29) is 31.6 Å². The van der Waals surface area contributed by atoms with Crippen LogP contribution in [-0.2, 0) is 19.1 Å². The van der Waals surface area contributed by atoms with Gasteiger partial charge in [0.15, 0.2) is 0 Å². The highest BCUT2D eigenvalue weighted by Gasteiger charge is 2.12. The number of aliphatic hydroxyl groups excluding tert-OH is 2. The molecule has 0 bridgehead atoms. The Balaban J connectivity index is 3.69. The minimum absolute atomic E-state index is 0.152. The lowest BCUT2D eigenvalue weighted by Gasteiger charge is -2.12. The van der Waals surface area contributed by atoms with Crippen molar-refractivity contribution in [1.29, 1.82) is 0 Å². The molecule has 0 aromatic carbocycles. The molecule has 0 saturated heterocycles. The van der Waals surface area contributed by atoms with E-state index in [4.69, 9.17) is 9.47 Å². The van der Waals surface area contributed by atoms with Crippen LogP contribution < -0.4 is 0 Å². The van der Waals surface area contributed by atoms with Gasteiger partial charge in [-0.1, -0.05) is 126 Å². The predicted molar refractivity (Wildman–Crippen MR) is 174 cm³/mol. The molecule has 2 N–H and O–H groups in total. The number of unbranched alkanes of at least 4 members (excludes halogenated alkanes) is 7. The van der Waals surface area contributed by atoms with Crippen molar-refractivity contribution in [2.75, 3.05) is 13.2 Å². The lowest BCUT2D eigenvalue weighted by Crippen LogP contribution is -2.25. The van der Waals surface area contributed by atoms with Gasteiger partial charge in [-0.25, -0.2) is 0 Å². The van der Waals surface area contributed by atoms with Gasteiger partial charge in [0.2, 0.25) is 0 Å². The van der Waals surface area contributed by atoms with Crippen molar-refractivity contribution >= 4 is 11.9 Å². The number of hydrogen-bond donors (Lipinski definition) is 2. The molecule has 0 aromatic rings. The average molecular weight is 589 g/mol. The largest absolute Gasteiger partial charge is 0.463 e. The van der Waals surface area contributed by atoms with Crippen LogP contribution in [0.2, 0.25) is 0 Å². The summed E-state index contributed by atoms with van der Waals surface area (Å²) in [6.45, 7) is 6.31. The molecule has 0 amide bonds. The Bertz CT molecular complexity index is 793. The lowest BCUT2D eigenvalue weighted by atomic mass is 10.0. The zero-order valence-electron chi connectivity index (χ0n) is 26.8. The molecule has 240 valence electrons. The second-order valence-electron chi connectivity index (χ2n) is 11.2. The number of carbonyl (C=O) groups excluding carboxylic acids is 2. The van der Waals surface area contributed by atoms with Gasteiger partial charge in [-0.2, -0.15) is 0 Å². The number of rotatable bonds is 27. The molecule has 0 aliphatic carbocycles. The van der Waals surface area contributed by atoms with Crippen molar-refractivity contribution in [2.45, 2.75) is 136 Å². The van der Waals surface area contributed by atoms with Crippen LogP contribution in [0.5, 0.6) is 0 Å². The van der Waals surface area contributed by atoms with Gasteiger partial charge >= 0.3 is 11.9 Å². The summed E-state index contributed by atoms with van der Waals surface area (Å²) < 4.78 is 10.2. The maximum Gasteiger partial charge on any atom is 0.305 e. The Kier molecular flexibility index (Phi) is 28.3. The van der Waals surface area contributed by atoms with Gasteiger partial charge in [-0.3, -0.25) is 9.59 Å². The quantitative estimate of drug-likeness (QED) is 0.0433. The minimum Gasteiger partial charge on any atom is -0.463 e. The molecular weight excluding hydrogens is 528 g/mol. The van der Waals surface area contributed by atoms with Crippen molar-refractivity contribution in [2.24, 2.45) is 5.92 Å². The first-order chi connectivity index (χ1) is 20.3. The normalized spacial score (nSPS) is 13.9.